The van der Waals surface area contributed by atoms with Gasteiger partial charge in [-0.25, -0.2) is 0 Å². The van der Waals surface area contributed by atoms with Crippen LogP contribution in [-0.2, 0) is 12.8 Å². The summed E-state index contributed by atoms with van der Waals surface area (Å²) in [6, 6.07) is 6.09. The zero-order valence-electron chi connectivity index (χ0n) is 11.8. The molecule has 2 aliphatic carbocycles. The SMILES string of the molecule is O=C1c2c(O)cccc2C(=O)c2c3c(cc(O)c21)CCCC3. The van der Waals surface area contributed by atoms with E-state index < -0.39 is 5.78 Å². The molecule has 0 amide bonds. The van der Waals surface area contributed by atoms with Crippen LogP contribution >= 0.6 is 0 Å². The van der Waals surface area contributed by atoms with Crippen molar-refractivity contribution in [3.8, 4) is 11.5 Å². The minimum Gasteiger partial charge on any atom is -0.507 e. The minimum atomic E-state index is -0.478. The second-order valence-corrected chi connectivity index (χ2v) is 5.85. The number of aryl methyl sites for hydroxylation is 1. The van der Waals surface area contributed by atoms with Crippen LogP contribution in [-0.4, -0.2) is 21.8 Å². The quantitative estimate of drug-likeness (QED) is 0.668. The van der Waals surface area contributed by atoms with Crippen molar-refractivity contribution in [1.29, 1.82) is 0 Å². The van der Waals surface area contributed by atoms with E-state index in [0.29, 0.717) is 5.56 Å². The van der Waals surface area contributed by atoms with Crippen LogP contribution in [0.2, 0.25) is 0 Å². The lowest BCUT2D eigenvalue weighted by molar-refractivity contribution is 0.0973. The van der Waals surface area contributed by atoms with E-state index in [2.05, 4.69) is 0 Å². The third-order valence-corrected chi connectivity index (χ3v) is 4.60. The number of benzene rings is 2. The fourth-order valence-corrected chi connectivity index (χ4v) is 3.60. The van der Waals surface area contributed by atoms with Crippen molar-refractivity contribution in [1.82, 2.24) is 0 Å². The molecule has 0 aromatic heterocycles. The lowest BCUT2D eigenvalue weighted by atomic mass is 9.76. The number of aromatic hydroxyl groups is 2. The van der Waals surface area contributed by atoms with E-state index in [1.165, 1.54) is 6.07 Å². The first-order chi connectivity index (χ1) is 10.6. The monoisotopic (exact) mass is 294 g/mol. The molecule has 0 radical (unpaired) electrons. The number of ketones is 2. The highest BCUT2D eigenvalue weighted by atomic mass is 16.3. The maximum absolute atomic E-state index is 12.9. The van der Waals surface area contributed by atoms with Crippen LogP contribution in [0.15, 0.2) is 24.3 Å². The van der Waals surface area contributed by atoms with Gasteiger partial charge in [0.15, 0.2) is 5.78 Å². The predicted octanol–water partition coefficient (Wildman–Crippen LogP) is 2.75. The Morgan fingerprint density at radius 1 is 0.818 bits per heavy atom. The topological polar surface area (TPSA) is 74.6 Å². The molecule has 0 saturated heterocycles. The molecule has 2 aliphatic rings. The van der Waals surface area contributed by atoms with Gasteiger partial charge in [-0.2, -0.15) is 0 Å². The summed E-state index contributed by atoms with van der Waals surface area (Å²) >= 11 is 0. The molecule has 0 bridgehead atoms. The number of phenolic OH excluding ortho intramolecular Hbond substituents is 2. The van der Waals surface area contributed by atoms with Crippen LogP contribution in [0.4, 0.5) is 0 Å². The Balaban J connectivity index is 2.08. The highest BCUT2D eigenvalue weighted by Gasteiger charge is 2.37. The van der Waals surface area contributed by atoms with E-state index in [4.69, 9.17) is 0 Å². The second kappa shape index (κ2) is 4.44. The standard InChI is InChI=1S/C18H14O4/c19-12-7-3-6-11-14(12)18(22)16-13(20)8-9-4-1-2-5-10(9)15(16)17(11)21/h3,6-8,19-20H,1-2,4-5H2. The third-order valence-electron chi connectivity index (χ3n) is 4.60. The van der Waals surface area contributed by atoms with Crippen molar-refractivity contribution in [2.45, 2.75) is 25.7 Å². The average molecular weight is 294 g/mol. The molecule has 4 heteroatoms. The molecule has 2 aromatic carbocycles. The maximum atomic E-state index is 12.9. The van der Waals surface area contributed by atoms with Gasteiger partial charge >= 0.3 is 0 Å². The largest absolute Gasteiger partial charge is 0.507 e. The van der Waals surface area contributed by atoms with E-state index in [-0.39, 0.29) is 34.0 Å². The fourth-order valence-electron chi connectivity index (χ4n) is 3.60. The van der Waals surface area contributed by atoms with Crippen molar-refractivity contribution in [3.05, 3.63) is 57.6 Å². The number of rotatable bonds is 0. The highest BCUT2D eigenvalue weighted by molar-refractivity contribution is 6.30. The van der Waals surface area contributed by atoms with Crippen LogP contribution < -0.4 is 0 Å². The van der Waals surface area contributed by atoms with Gasteiger partial charge in [-0.15, -0.1) is 0 Å². The van der Waals surface area contributed by atoms with Gasteiger partial charge in [-0.1, -0.05) is 12.1 Å². The molecular formula is C18H14O4. The van der Waals surface area contributed by atoms with Crippen molar-refractivity contribution >= 4 is 11.6 Å². The summed E-state index contributed by atoms with van der Waals surface area (Å²) in [5.41, 5.74) is 2.41. The van der Waals surface area contributed by atoms with Crippen molar-refractivity contribution in [2.24, 2.45) is 0 Å². The van der Waals surface area contributed by atoms with E-state index in [1.807, 2.05) is 0 Å². The van der Waals surface area contributed by atoms with Crippen molar-refractivity contribution in [3.63, 3.8) is 0 Å². The summed E-state index contributed by atoms with van der Waals surface area (Å²) in [5, 5.41) is 20.2. The first-order valence-corrected chi connectivity index (χ1v) is 7.38. The molecule has 0 unspecified atom stereocenters. The molecule has 2 aromatic rings. The molecule has 0 heterocycles. The Hall–Kier alpha value is -2.62. The van der Waals surface area contributed by atoms with Gasteiger partial charge in [0.05, 0.1) is 11.1 Å². The number of fused-ring (bicyclic) bond motifs is 4. The molecule has 2 N–H and O–H groups in total. The molecule has 0 aliphatic heterocycles. The predicted molar refractivity (Wildman–Crippen MR) is 79.7 cm³/mol. The Bertz CT molecular complexity index is 849. The number of hydrogen-bond acceptors (Lipinski definition) is 4. The van der Waals surface area contributed by atoms with Gasteiger partial charge in [0.25, 0.3) is 0 Å². The second-order valence-electron chi connectivity index (χ2n) is 5.85. The molecule has 0 atom stereocenters. The molecular weight excluding hydrogens is 280 g/mol. The minimum absolute atomic E-state index is 0.00828. The average Bonchev–Trinajstić information content (AvgIpc) is 2.51. The van der Waals surface area contributed by atoms with Gasteiger partial charge in [0.1, 0.15) is 11.5 Å². The molecule has 4 nitrogen and oxygen atoms in total. The summed E-state index contributed by atoms with van der Waals surface area (Å²) in [6.45, 7) is 0. The molecule has 22 heavy (non-hydrogen) atoms. The first-order valence-electron chi connectivity index (χ1n) is 7.38. The number of carbonyl (C=O) groups is 2. The fraction of sp³-hybridized carbons (Fsp3) is 0.222. The van der Waals surface area contributed by atoms with E-state index >= 15 is 0 Å². The Labute approximate surface area is 127 Å². The first kappa shape index (κ1) is 13.1. The van der Waals surface area contributed by atoms with Gasteiger partial charge < -0.3 is 10.2 Å². The van der Waals surface area contributed by atoms with Crippen LogP contribution in [0, 0.1) is 0 Å². The molecule has 0 saturated carbocycles. The summed E-state index contributed by atoms with van der Waals surface area (Å²) in [5.74, 6) is -1.15. The molecule has 0 spiro atoms. The van der Waals surface area contributed by atoms with E-state index in [1.54, 1.807) is 18.2 Å². The summed E-state index contributed by atoms with van der Waals surface area (Å²) in [6.07, 6.45) is 3.54. The molecule has 0 fully saturated rings. The lowest BCUT2D eigenvalue weighted by Gasteiger charge is -2.26. The highest BCUT2D eigenvalue weighted by Crippen LogP contribution is 2.41. The van der Waals surface area contributed by atoms with E-state index in [9.17, 15) is 19.8 Å². The van der Waals surface area contributed by atoms with Crippen molar-refractivity contribution < 1.29 is 19.8 Å². The zero-order valence-corrected chi connectivity index (χ0v) is 11.8. The van der Waals surface area contributed by atoms with Gasteiger partial charge in [-0.05, 0) is 48.9 Å². The van der Waals surface area contributed by atoms with Crippen molar-refractivity contribution in [2.75, 3.05) is 0 Å². The maximum Gasteiger partial charge on any atom is 0.201 e. The third kappa shape index (κ3) is 1.58. The lowest BCUT2D eigenvalue weighted by Crippen LogP contribution is -2.24. The smallest absolute Gasteiger partial charge is 0.201 e. The van der Waals surface area contributed by atoms with Gasteiger partial charge in [-0.3, -0.25) is 9.59 Å². The summed E-state index contributed by atoms with van der Waals surface area (Å²) < 4.78 is 0. The van der Waals surface area contributed by atoms with Crippen LogP contribution in [0.25, 0.3) is 0 Å². The normalized spacial score (nSPS) is 16.0. The van der Waals surface area contributed by atoms with Crippen LogP contribution in [0.5, 0.6) is 11.5 Å². The van der Waals surface area contributed by atoms with E-state index in [0.717, 1.165) is 36.8 Å². The molecule has 110 valence electrons. The zero-order chi connectivity index (χ0) is 15.4. The Morgan fingerprint density at radius 3 is 2.41 bits per heavy atom. The number of phenols is 2. The van der Waals surface area contributed by atoms with Gasteiger partial charge in [0.2, 0.25) is 5.78 Å². The van der Waals surface area contributed by atoms with Crippen LogP contribution in [0.1, 0.15) is 55.8 Å². The summed E-state index contributed by atoms with van der Waals surface area (Å²) in [7, 11) is 0. The summed E-state index contributed by atoms with van der Waals surface area (Å²) in [4.78, 5) is 25.6. The van der Waals surface area contributed by atoms with Crippen LogP contribution in [0.3, 0.4) is 0 Å². The Morgan fingerprint density at radius 2 is 1.59 bits per heavy atom. The number of carbonyl (C=O) groups excluding carboxylic acids is 2. The number of hydrogen-bond donors (Lipinski definition) is 2. The molecule has 4 rings (SSSR count). The van der Waals surface area contributed by atoms with Gasteiger partial charge in [0, 0.05) is 11.1 Å². The Kier molecular flexibility index (Phi) is 2.64.